The normalized spacial score (nSPS) is 10.3. The molecule has 2 aromatic carbocycles. The maximum absolute atomic E-state index is 12.0. The number of hydrogen-bond donors (Lipinski definition) is 2. The second-order valence-electron chi connectivity index (χ2n) is 4.31. The van der Waals surface area contributed by atoms with Crippen LogP contribution in [-0.2, 0) is 4.79 Å². The van der Waals surface area contributed by atoms with E-state index in [0.29, 0.717) is 17.1 Å². The molecule has 0 heterocycles. The summed E-state index contributed by atoms with van der Waals surface area (Å²) in [5.41, 5.74) is 8.12. The fourth-order valence-corrected chi connectivity index (χ4v) is 3.11. The lowest BCUT2D eigenvalue weighted by Gasteiger charge is -2.11. The smallest absolute Gasteiger partial charge is 0.234 e. The number of aryl methyl sites for hydroxylation is 1. The van der Waals surface area contributed by atoms with E-state index in [4.69, 9.17) is 5.73 Å². The molecule has 104 valence electrons. The molecule has 2 aromatic rings. The molecule has 0 saturated carbocycles. The minimum atomic E-state index is -0.0632. The summed E-state index contributed by atoms with van der Waals surface area (Å²) in [6.07, 6.45) is 0. The molecule has 0 spiro atoms. The number of carbonyl (C=O) groups excluding carboxylic acids is 1. The van der Waals surface area contributed by atoms with Crippen molar-refractivity contribution in [2.45, 2.75) is 11.8 Å². The summed E-state index contributed by atoms with van der Waals surface area (Å²) >= 11 is 4.95. The van der Waals surface area contributed by atoms with Gasteiger partial charge in [0.25, 0.3) is 0 Å². The summed E-state index contributed by atoms with van der Waals surface area (Å²) in [5, 5.41) is 2.87. The summed E-state index contributed by atoms with van der Waals surface area (Å²) in [7, 11) is 0. The fourth-order valence-electron chi connectivity index (χ4n) is 1.74. The van der Waals surface area contributed by atoms with Crippen LogP contribution in [0.4, 0.5) is 11.4 Å². The number of amides is 1. The molecule has 0 atom stereocenters. The zero-order valence-electron chi connectivity index (χ0n) is 11.0. The molecule has 0 unspecified atom stereocenters. The lowest BCUT2D eigenvalue weighted by molar-refractivity contribution is -0.113. The van der Waals surface area contributed by atoms with Crippen LogP contribution in [0.3, 0.4) is 0 Å². The lowest BCUT2D eigenvalue weighted by Crippen LogP contribution is -2.16. The van der Waals surface area contributed by atoms with Crippen molar-refractivity contribution in [2.24, 2.45) is 0 Å². The van der Waals surface area contributed by atoms with E-state index >= 15 is 0 Å². The third-order valence-corrected chi connectivity index (χ3v) is 4.79. The van der Waals surface area contributed by atoms with Gasteiger partial charge in [0.15, 0.2) is 0 Å². The molecule has 0 bridgehead atoms. The maximum Gasteiger partial charge on any atom is 0.234 e. The summed E-state index contributed by atoms with van der Waals surface area (Å²) in [5.74, 6) is 0.280. The summed E-state index contributed by atoms with van der Waals surface area (Å²) in [4.78, 5) is 13.0. The standard InChI is InChI=1S/C15H15BrN2OS/c1-10-5-4-7-12(17)15(10)18-14(19)9-20-13-8-3-2-6-11(13)16/h2-8H,9,17H2,1H3,(H,18,19). The number of hydrogen-bond acceptors (Lipinski definition) is 3. The van der Waals surface area contributed by atoms with Crippen LogP contribution < -0.4 is 11.1 Å². The van der Waals surface area contributed by atoms with E-state index in [-0.39, 0.29) is 5.91 Å². The van der Waals surface area contributed by atoms with Gasteiger partial charge in [0, 0.05) is 9.37 Å². The number of benzene rings is 2. The topological polar surface area (TPSA) is 55.1 Å². The Morgan fingerprint density at radius 1 is 1.25 bits per heavy atom. The number of nitrogens with two attached hydrogens (primary N) is 1. The minimum Gasteiger partial charge on any atom is -0.397 e. The number of thioether (sulfide) groups is 1. The zero-order valence-corrected chi connectivity index (χ0v) is 13.4. The van der Waals surface area contributed by atoms with Crippen LogP contribution in [0, 0.1) is 6.92 Å². The highest BCUT2D eigenvalue weighted by Crippen LogP contribution is 2.28. The summed E-state index contributed by atoms with van der Waals surface area (Å²) < 4.78 is 0.994. The van der Waals surface area contributed by atoms with Crippen molar-refractivity contribution in [3.05, 3.63) is 52.5 Å². The predicted molar refractivity (Wildman–Crippen MR) is 89.1 cm³/mol. The molecule has 0 saturated heterocycles. The number of rotatable bonds is 4. The van der Waals surface area contributed by atoms with Crippen molar-refractivity contribution in [2.75, 3.05) is 16.8 Å². The number of anilines is 2. The number of nitrogens with one attached hydrogen (secondary N) is 1. The zero-order chi connectivity index (χ0) is 14.5. The molecular weight excluding hydrogens is 336 g/mol. The van der Waals surface area contributed by atoms with Crippen LogP contribution in [-0.4, -0.2) is 11.7 Å². The Bertz CT molecular complexity index is 611. The summed E-state index contributed by atoms with van der Waals surface area (Å²) in [6.45, 7) is 1.92. The Balaban J connectivity index is 1.98. The van der Waals surface area contributed by atoms with Gasteiger partial charge < -0.3 is 11.1 Å². The fraction of sp³-hybridized carbons (Fsp3) is 0.133. The molecule has 20 heavy (non-hydrogen) atoms. The molecule has 3 N–H and O–H groups in total. The Morgan fingerprint density at radius 3 is 2.70 bits per heavy atom. The number of carbonyl (C=O) groups is 1. The van der Waals surface area contributed by atoms with E-state index in [2.05, 4.69) is 21.2 Å². The van der Waals surface area contributed by atoms with Gasteiger partial charge in [0.2, 0.25) is 5.91 Å². The molecule has 0 fully saturated rings. The van der Waals surface area contributed by atoms with Gasteiger partial charge in [0.05, 0.1) is 17.1 Å². The molecule has 0 aromatic heterocycles. The first-order valence-electron chi connectivity index (χ1n) is 6.10. The summed E-state index contributed by atoms with van der Waals surface area (Å²) in [6, 6.07) is 13.4. The van der Waals surface area contributed by atoms with Crippen LogP contribution in [0.25, 0.3) is 0 Å². The van der Waals surface area contributed by atoms with Gasteiger partial charge in [-0.15, -0.1) is 11.8 Å². The molecule has 5 heteroatoms. The van der Waals surface area contributed by atoms with Crippen LogP contribution in [0.5, 0.6) is 0 Å². The molecule has 0 radical (unpaired) electrons. The largest absolute Gasteiger partial charge is 0.397 e. The quantitative estimate of drug-likeness (QED) is 0.645. The minimum absolute atomic E-state index is 0.0632. The number of para-hydroxylation sites is 1. The predicted octanol–water partition coefficient (Wildman–Crippen LogP) is 4.07. The van der Waals surface area contributed by atoms with Crippen molar-refractivity contribution in [3.8, 4) is 0 Å². The SMILES string of the molecule is Cc1cccc(N)c1NC(=O)CSc1ccccc1Br. The van der Waals surface area contributed by atoms with Crippen LogP contribution >= 0.6 is 27.7 Å². The number of nitrogen functional groups attached to an aromatic ring is 1. The van der Waals surface area contributed by atoms with Gasteiger partial charge >= 0.3 is 0 Å². The molecule has 2 rings (SSSR count). The van der Waals surface area contributed by atoms with E-state index < -0.39 is 0 Å². The van der Waals surface area contributed by atoms with E-state index in [9.17, 15) is 4.79 Å². The monoisotopic (exact) mass is 350 g/mol. The second kappa shape index (κ2) is 6.81. The number of halogens is 1. The molecule has 0 aliphatic heterocycles. The van der Waals surface area contributed by atoms with E-state index in [1.807, 2.05) is 43.3 Å². The van der Waals surface area contributed by atoms with Crippen LogP contribution in [0.1, 0.15) is 5.56 Å². The van der Waals surface area contributed by atoms with Crippen molar-refractivity contribution in [1.82, 2.24) is 0 Å². The van der Waals surface area contributed by atoms with Gasteiger partial charge in [-0.1, -0.05) is 24.3 Å². The third kappa shape index (κ3) is 3.77. The van der Waals surface area contributed by atoms with Crippen molar-refractivity contribution >= 4 is 45.0 Å². The van der Waals surface area contributed by atoms with E-state index in [0.717, 1.165) is 14.9 Å². The van der Waals surface area contributed by atoms with Gasteiger partial charge in [-0.05, 0) is 46.6 Å². The lowest BCUT2D eigenvalue weighted by atomic mass is 10.1. The highest BCUT2D eigenvalue weighted by atomic mass is 79.9. The molecule has 1 amide bonds. The average molecular weight is 351 g/mol. The highest BCUT2D eigenvalue weighted by molar-refractivity contribution is 9.10. The first-order valence-corrected chi connectivity index (χ1v) is 7.88. The van der Waals surface area contributed by atoms with Crippen molar-refractivity contribution in [1.29, 1.82) is 0 Å². The Kier molecular flexibility index (Phi) is 5.09. The first-order chi connectivity index (χ1) is 9.58. The molecule has 0 aliphatic carbocycles. The van der Waals surface area contributed by atoms with Gasteiger partial charge in [-0.3, -0.25) is 4.79 Å². The average Bonchev–Trinajstić information content (AvgIpc) is 2.42. The van der Waals surface area contributed by atoms with E-state index in [1.165, 1.54) is 11.8 Å². The molecular formula is C15H15BrN2OS. The molecule has 0 aliphatic rings. The van der Waals surface area contributed by atoms with Crippen LogP contribution in [0.2, 0.25) is 0 Å². The highest BCUT2D eigenvalue weighted by Gasteiger charge is 2.09. The van der Waals surface area contributed by atoms with Gasteiger partial charge in [-0.25, -0.2) is 0 Å². The molecule has 3 nitrogen and oxygen atoms in total. The van der Waals surface area contributed by atoms with Crippen LogP contribution in [0.15, 0.2) is 51.8 Å². The second-order valence-corrected chi connectivity index (χ2v) is 6.18. The van der Waals surface area contributed by atoms with E-state index in [1.54, 1.807) is 6.07 Å². The van der Waals surface area contributed by atoms with Gasteiger partial charge in [0.1, 0.15) is 0 Å². The first kappa shape index (κ1) is 14.9. The Hall–Kier alpha value is -1.46. The van der Waals surface area contributed by atoms with Gasteiger partial charge in [-0.2, -0.15) is 0 Å². The maximum atomic E-state index is 12.0. The van der Waals surface area contributed by atoms with Crippen molar-refractivity contribution < 1.29 is 4.79 Å². The van der Waals surface area contributed by atoms with Crippen molar-refractivity contribution in [3.63, 3.8) is 0 Å². The Morgan fingerprint density at radius 2 is 2.00 bits per heavy atom. The Labute approximate surface area is 131 Å². The third-order valence-electron chi connectivity index (χ3n) is 2.76.